The van der Waals surface area contributed by atoms with Crippen LogP contribution in [0.15, 0.2) is 18.3 Å². The van der Waals surface area contributed by atoms with Crippen LogP contribution in [0, 0.1) is 0 Å². The quantitative estimate of drug-likeness (QED) is 0.667. The fraction of sp³-hybridized carbons (Fsp3) is 0.182. The van der Waals surface area contributed by atoms with E-state index in [9.17, 15) is 9.90 Å². The smallest absolute Gasteiger partial charge is 0.320 e. The Labute approximate surface area is 102 Å². The molecule has 1 unspecified atom stereocenters. The molecule has 0 radical (unpaired) electrons. The molecule has 5 nitrogen and oxygen atoms in total. The van der Waals surface area contributed by atoms with Crippen LogP contribution in [-0.4, -0.2) is 27.2 Å². The van der Waals surface area contributed by atoms with Gasteiger partial charge in [0.2, 0.25) is 0 Å². The van der Waals surface area contributed by atoms with E-state index in [0.717, 1.165) is 0 Å². The van der Waals surface area contributed by atoms with Gasteiger partial charge in [-0.25, -0.2) is 0 Å². The van der Waals surface area contributed by atoms with Crippen LogP contribution in [0.2, 0.25) is 5.02 Å². The summed E-state index contributed by atoms with van der Waals surface area (Å²) in [6.07, 6.45) is 1.77. The van der Waals surface area contributed by atoms with E-state index < -0.39 is 12.0 Å². The van der Waals surface area contributed by atoms with E-state index in [-0.39, 0.29) is 12.2 Å². The minimum atomic E-state index is -1.08. The van der Waals surface area contributed by atoms with Crippen molar-refractivity contribution in [3.63, 3.8) is 0 Å². The molecule has 2 rings (SSSR count). The highest BCUT2D eigenvalue weighted by Crippen LogP contribution is 2.31. The van der Waals surface area contributed by atoms with E-state index in [1.54, 1.807) is 12.3 Å². The Balaban J connectivity index is 2.46. The van der Waals surface area contributed by atoms with Crippen LogP contribution >= 0.6 is 11.6 Å². The van der Waals surface area contributed by atoms with E-state index in [1.165, 1.54) is 6.07 Å². The Morgan fingerprint density at radius 1 is 1.53 bits per heavy atom. The van der Waals surface area contributed by atoms with Crippen molar-refractivity contribution in [1.29, 1.82) is 0 Å². The predicted molar refractivity (Wildman–Crippen MR) is 64.3 cm³/mol. The SMILES string of the molecule is NC(Cc1c[nH]c2cc(Cl)cc(O)c12)C(=O)O. The monoisotopic (exact) mass is 254 g/mol. The number of rotatable bonds is 3. The van der Waals surface area contributed by atoms with E-state index in [2.05, 4.69) is 4.98 Å². The van der Waals surface area contributed by atoms with Gasteiger partial charge in [-0.3, -0.25) is 4.79 Å². The number of nitrogens with two attached hydrogens (primary N) is 1. The van der Waals surface area contributed by atoms with Crippen molar-refractivity contribution in [1.82, 2.24) is 4.98 Å². The van der Waals surface area contributed by atoms with Crippen molar-refractivity contribution in [2.24, 2.45) is 5.73 Å². The Hall–Kier alpha value is -1.72. The normalized spacial score (nSPS) is 12.8. The maximum atomic E-state index is 10.7. The number of benzene rings is 1. The van der Waals surface area contributed by atoms with Crippen LogP contribution in [-0.2, 0) is 11.2 Å². The first-order chi connectivity index (χ1) is 7.99. The molecule has 1 aromatic heterocycles. The molecule has 0 aliphatic carbocycles. The third-order valence-corrected chi connectivity index (χ3v) is 2.78. The van der Waals surface area contributed by atoms with Crippen molar-refractivity contribution in [3.8, 4) is 5.75 Å². The number of carboxylic acids is 1. The van der Waals surface area contributed by atoms with Crippen LogP contribution in [0.3, 0.4) is 0 Å². The van der Waals surface area contributed by atoms with Crippen molar-refractivity contribution in [3.05, 3.63) is 28.9 Å². The van der Waals surface area contributed by atoms with E-state index in [1.807, 2.05) is 0 Å². The highest BCUT2D eigenvalue weighted by molar-refractivity contribution is 6.31. The van der Waals surface area contributed by atoms with Gasteiger partial charge in [0.1, 0.15) is 11.8 Å². The fourth-order valence-corrected chi connectivity index (χ4v) is 1.98. The Morgan fingerprint density at radius 2 is 2.24 bits per heavy atom. The lowest BCUT2D eigenvalue weighted by atomic mass is 10.1. The summed E-state index contributed by atoms with van der Waals surface area (Å²) in [4.78, 5) is 13.6. The van der Waals surface area contributed by atoms with Gasteiger partial charge in [-0.05, 0) is 17.7 Å². The van der Waals surface area contributed by atoms with Gasteiger partial charge >= 0.3 is 5.97 Å². The summed E-state index contributed by atoms with van der Waals surface area (Å²) in [5, 5.41) is 19.5. The molecule has 1 heterocycles. The lowest BCUT2D eigenvalue weighted by Crippen LogP contribution is -2.32. The molecule has 5 N–H and O–H groups in total. The minimum Gasteiger partial charge on any atom is -0.507 e. The molecule has 0 aliphatic rings. The number of aliphatic carboxylic acids is 1. The van der Waals surface area contributed by atoms with Crippen LogP contribution in [0.5, 0.6) is 5.75 Å². The van der Waals surface area contributed by atoms with Crippen molar-refractivity contribution in [2.75, 3.05) is 0 Å². The summed E-state index contributed by atoms with van der Waals surface area (Å²) in [6, 6.07) is 2.07. The number of carbonyl (C=O) groups is 1. The first-order valence-electron chi connectivity index (χ1n) is 4.96. The maximum absolute atomic E-state index is 10.7. The third kappa shape index (κ3) is 2.20. The molecular formula is C11H11ClN2O3. The molecule has 17 heavy (non-hydrogen) atoms. The highest BCUT2D eigenvalue weighted by atomic mass is 35.5. The first kappa shape index (κ1) is 11.8. The average Bonchev–Trinajstić information content (AvgIpc) is 2.60. The lowest BCUT2D eigenvalue weighted by Gasteiger charge is -2.05. The Morgan fingerprint density at radius 3 is 2.88 bits per heavy atom. The van der Waals surface area contributed by atoms with Gasteiger partial charge in [-0.15, -0.1) is 0 Å². The topological polar surface area (TPSA) is 99.3 Å². The fourth-order valence-electron chi connectivity index (χ4n) is 1.77. The number of halogens is 1. The van der Waals surface area contributed by atoms with Gasteiger partial charge in [-0.1, -0.05) is 11.6 Å². The van der Waals surface area contributed by atoms with Crippen molar-refractivity contribution < 1.29 is 15.0 Å². The molecule has 6 heteroatoms. The number of nitrogens with one attached hydrogen (secondary N) is 1. The van der Waals surface area contributed by atoms with E-state index >= 15 is 0 Å². The molecule has 0 amide bonds. The van der Waals surface area contributed by atoms with Gasteiger partial charge in [0.15, 0.2) is 0 Å². The zero-order valence-electron chi connectivity index (χ0n) is 8.77. The van der Waals surface area contributed by atoms with Crippen molar-refractivity contribution >= 4 is 28.5 Å². The van der Waals surface area contributed by atoms with Gasteiger partial charge < -0.3 is 20.9 Å². The molecule has 90 valence electrons. The highest BCUT2D eigenvalue weighted by Gasteiger charge is 2.16. The summed E-state index contributed by atoms with van der Waals surface area (Å²) in [7, 11) is 0. The number of hydrogen-bond donors (Lipinski definition) is 4. The largest absolute Gasteiger partial charge is 0.507 e. The molecule has 0 spiro atoms. The van der Waals surface area contributed by atoms with Gasteiger partial charge in [0, 0.05) is 23.0 Å². The summed E-state index contributed by atoms with van der Waals surface area (Å²) in [6.45, 7) is 0. The molecule has 0 saturated heterocycles. The number of aromatic nitrogens is 1. The summed E-state index contributed by atoms with van der Waals surface area (Å²) in [5.41, 5.74) is 6.77. The number of carboxylic acid groups (broad SMARTS) is 1. The van der Waals surface area contributed by atoms with Crippen LogP contribution < -0.4 is 5.73 Å². The second kappa shape index (κ2) is 4.27. The molecule has 1 atom stereocenters. The Kier molecular flexibility index (Phi) is 2.95. The van der Waals surface area contributed by atoms with Gasteiger partial charge in [-0.2, -0.15) is 0 Å². The second-order valence-electron chi connectivity index (χ2n) is 3.81. The summed E-state index contributed by atoms with van der Waals surface area (Å²) >= 11 is 5.79. The number of fused-ring (bicyclic) bond motifs is 1. The zero-order valence-corrected chi connectivity index (χ0v) is 9.53. The van der Waals surface area contributed by atoms with Gasteiger partial charge in [0.05, 0.1) is 5.52 Å². The molecule has 0 fully saturated rings. The number of hydrogen-bond acceptors (Lipinski definition) is 3. The molecule has 0 bridgehead atoms. The van der Waals surface area contributed by atoms with Gasteiger partial charge in [0.25, 0.3) is 0 Å². The van der Waals surface area contributed by atoms with E-state index in [0.29, 0.717) is 21.5 Å². The number of phenolic OH excluding ortho intramolecular Hbond substituents is 1. The van der Waals surface area contributed by atoms with Crippen LogP contribution in [0.25, 0.3) is 10.9 Å². The average molecular weight is 255 g/mol. The maximum Gasteiger partial charge on any atom is 0.320 e. The standard InChI is InChI=1S/C11H11ClN2O3/c12-6-2-8-10(9(15)3-6)5(4-14-8)1-7(13)11(16)17/h2-4,7,14-15H,1,13H2,(H,16,17). The molecule has 1 aromatic carbocycles. The zero-order chi connectivity index (χ0) is 12.6. The Bertz CT molecular complexity index is 579. The second-order valence-corrected chi connectivity index (χ2v) is 4.25. The number of aromatic amines is 1. The first-order valence-corrected chi connectivity index (χ1v) is 5.33. The third-order valence-electron chi connectivity index (χ3n) is 2.56. The van der Waals surface area contributed by atoms with Crippen molar-refractivity contribution in [2.45, 2.75) is 12.5 Å². The van der Waals surface area contributed by atoms with Crippen LogP contribution in [0.4, 0.5) is 0 Å². The lowest BCUT2D eigenvalue weighted by molar-refractivity contribution is -0.138. The molecule has 0 saturated carbocycles. The summed E-state index contributed by atoms with van der Waals surface area (Å²) < 4.78 is 0. The number of H-pyrrole nitrogens is 1. The molecule has 0 aliphatic heterocycles. The number of phenols is 1. The molecule has 2 aromatic rings. The number of aromatic hydroxyl groups is 1. The minimum absolute atomic E-state index is 0.0151. The van der Waals surface area contributed by atoms with Crippen LogP contribution in [0.1, 0.15) is 5.56 Å². The summed E-state index contributed by atoms with van der Waals surface area (Å²) in [5.74, 6) is -1.06. The molecular weight excluding hydrogens is 244 g/mol. The predicted octanol–water partition coefficient (Wildman–Crippen LogP) is 1.48. The van der Waals surface area contributed by atoms with E-state index in [4.69, 9.17) is 22.4 Å².